The molecule has 0 saturated heterocycles. The molecule has 0 aromatic heterocycles. The van der Waals surface area contributed by atoms with Crippen LogP contribution < -0.4 is 0 Å². The maximum Gasteiger partial charge on any atom is -0.0218 e. The van der Waals surface area contributed by atoms with Crippen LogP contribution in [0.25, 0.3) is 0 Å². The molecule has 0 aromatic rings. The zero-order chi connectivity index (χ0) is 6.97. The Morgan fingerprint density at radius 2 is 2.20 bits per heavy atom. The van der Waals surface area contributed by atoms with Crippen LogP contribution in [0.1, 0.15) is 32.6 Å². The van der Waals surface area contributed by atoms with Gasteiger partial charge in [-0.05, 0) is 37.2 Å². The van der Waals surface area contributed by atoms with Gasteiger partial charge in [0, 0.05) is 0 Å². The van der Waals surface area contributed by atoms with Crippen LogP contribution in [-0.2, 0) is 0 Å². The molecular formula is C10H14. The van der Waals surface area contributed by atoms with Gasteiger partial charge >= 0.3 is 0 Å². The first kappa shape index (κ1) is 6.21. The molecule has 0 nitrogen and oxygen atoms in total. The lowest BCUT2D eigenvalue weighted by Crippen LogP contribution is -2.00. The van der Waals surface area contributed by atoms with Crippen LogP contribution in [0.15, 0.2) is 23.3 Å². The third-order valence-electron chi connectivity index (χ3n) is 2.58. The largest absolute Gasteiger partial charge is 0.0811 e. The molecule has 0 spiro atoms. The van der Waals surface area contributed by atoms with Gasteiger partial charge in [0.05, 0.1) is 0 Å². The van der Waals surface area contributed by atoms with E-state index in [1.807, 2.05) is 0 Å². The number of allylic oxidation sites excluding steroid dienone is 4. The van der Waals surface area contributed by atoms with Crippen molar-refractivity contribution >= 4 is 0 Å². The molecule has 0 heterocycles. The monoisotopic (exact) mass is 134 g/mol. The second-order valence-electron chi connectivity index (χ2n) is 3.52. The van der Waals surface area contributed by atoms with Crippen molar-refractivity contribution in [1.29, 1.82) is 0 Å². The Labute approximate surface area is 62.6 Å². The third kappa shape index (κ3) is 0.920. The predicted octanol–water partition coefficient (Wildman–Crippen LogP) is 3.06. The molecule has 0 aromatic carbocycles. The van der Waals surface area contributed by atoms with Crippen LogP contribution in [0.4, 0.5) is 0 Å². The summed E-state index contributed by atoms with van der Waals surface area (Å²) in [5.74, 6) is 0.808. The Balaban J connectivity index is 2.13. The second-order valence-corrected chi connectivity index (χ2v) is 3.52. The van der Waals surface area contributed by atoms with Gasteiger partial charge in [-0.25, -0.2) is 0 Å². The standard InChI is InChI=1S/C10H14/c1-8-5-6-10(7-8)9-3-2-4-9/h5-6,8H,2-4,7H2,1H3/t8-/m0/s1. The lowest BCUT2D eigenvalue weighted by molar-refractivity contribution is 0.639. The summed E-state index contributed by atoms with van der Waals surface area (Å²) in [5.41, 5.74) is 3.39. The highest BCUT2D eigenvalue weighted by Crippen LogP contribution is 2.35. The Bertz CT molecular complexity index is 190. The molecule has 0 aliphatic heterocycles. The first-order chi connectivity index (χ1) is 4.86. The van der Waals surface area contributed by atoms with Gasteiger partial charge in [0.1, 0.15) is 0 Å². The fourth-order valence-electron chi connectivity index (χ4n) is 1.70. The van der Waals surface area contributed by atoms with Crippen LogP contribution in [0.5, 0.6) is 0 Å². The fraction of sp³-hybridized carbons (Fsp3) is 0.600. The molecule has 0 unspecified atom stereocenters. The number of rotatable bonds is 0. The topological polar surface area (TPSA) is 0 Å². The molecule has 0 radical (unpaired) electrons. The molecule has 0 N–H and O–H groups in total. The van der Waals surface area contributed by atoms with Crippen molar-refractivity contribution < 1.29 is 0 Å². The molecule has 2 aliphatic rings. The Morgan fingerprint density at radius 1 is 1.40 bits per heavy atom. The van der Waals surface area contributed by atoms with Crippen molar-refractivity contribution in [3.63, 3.8) is 0 Å². The van der Waals surface area contributed by atoms with Crippen LogP contribution >= 0.6 is 0 Å². The van der Waals surface area contributed by atoms with Crippen molar-refractivity contribution in [3.05, 3.63) is 23.3 Å². The van der Waals surface area contributed by atoms with Gasteiger partial charge in [-0.15, -0.1) is 0 Å². The highest BCUT2D eigenvalue weighted by atomic mass is 14.2. The van der Waals surface area contributed by atoms with Crippen LogP contribution in [0.2, 0.25) is 0 Å². The highest BCUT2D eigenvalue weighted by Gasteiger charge is 2.16. The minimum absolute atomic E-state index is 0.808. The summed E-state index contributed by atoms with van der Waals surface area (Å²) >= 11 is 0. The molecule has 10 heavy (non-hydrogen) atoms. The summed E-state index contributed by atoms with van der Waals surface area (Å²) in [6.45, 7) is 2.29. The zero-order valence-electron chi connectivity index (χ0n) is 6.56. The SMILES string of the molecule is C[C@H]1C=CC(=C2CCC2)C1. The van der Waals surface area contributed by atoms with Gasteiger partial charge in [-0.3, -0.25) is 0 Å². The molecule has 0 heteroatoms. The average molecular weight is 134 g/mol. The van der Waals surface area contributed by atoms with Gasteiger partial charge in [0.25, 0.3) is 0 Å². The van der Waals surface area contributed by atoms with E-state index in [-0.39, 0.29) is 0 Å². The lowest BCUT2D eigenvalue weighted by Gasteiger charge is -2.19. The van der Waals surface area contributed by atoms with Gasteiger partial charge < -0.3 is 0 Å². The quantitative estimate of drug-likeness (QED) is 0.477. The number of hydrogen-bond acceptors (Lipinski definition) is 0. The predicted molar refractivity (Wildman–Crippen MR) is 43.8 cm³/mol. The maximum absolute atomic E-state index is 2.33. The molecule has 1 atom stereocenters. The Kier molecular flexibility index (Phi) is 1.40. The highest BCUT2D eigenvalue weighted by molar-refractivity contribution is 5.33. The Morgan fingerprint density at radius 3 is 2.60 bits per heavy atom. The van der Waals surface area contributed by atoms with Crippen LogP contribution in [0, 0.1) is 5.92 Å². The smallest absolute Gasteiger partial charge is 0.0218 e. The van der Waals surface area contributed by atoms with Crippen LogP contribution in [0.3, 0.4) is 0 Å². The first-order valence-corrected chi connectivity index (χ1v) is 4.25. The summed E-state index contributed by atoms with van der Waals surface area (Å²) < 4.78 is 0. The van der Waals surface area contributed by atoms with E-state index in [1.54, 1.807) is 11.1 Å². The van der Waals surface area contributed by atoms with E-state index in [0.717, 1.165) is 5.92 Å². The van der Waals surface area contributed by atoms with Gasteiger partial charge in [0.15, 0.2) is 0 Å². The summed E-state index contributed by atoms with van der Waals surface area (Å²) in [4.78, 5) is 0. The summed E-state index contributed by atoms with van der Waals surface area (Å²) in [5, 5.41) is 0. The molecule has 1 fully saturated rings. The Hall–Kier alpha value is -0.520. The molecule has 1 saturated carbocycles. The van der Waals surface area contributed by atoms with E-state index in [0.29, 0.717) is 0 Å². The number of hydrogen-bond donors (Lipinski definition) is 0. The van der Waals surface area contributed by atoms with E-state index in [2.05, 4.69) is 19.1 Å². The third-order valence-corrected chi connectivity index (χ3v) is 2.58. The van der Waals surface area contributed by atoms with Crippen LogP contribution in [-0.4, -0.2) is 0 Å². The second kappa shape index (κ2) is 2.26. The van der Waals surface area contributed by atoms with E-state index in [1.165, 1.54) is 25.7 Å². The summed E-state index contributed by atoms with van der Waals surface area (Å²) in [7, 11) is 0. The zero-order valence-corrected chi connectivity index (χ0v) is 6.56. The van der Waals surface area contributed by atoms with Gasteiger partial charge in [0.2, 0.25) is 0 Å². The van der Waals surface area contributed by atoms with E-state index >= 15 is 0 Å². The normalized spacial score (nSPS) is 31.1. The van der Waals surface area contributed by atoms with Crippen molar-refractivity contribution in [1.82, 2.24) is 0 Å². The lowest BCUT2D eigenvalue weighted by atomic mass is 9.87. The average Bonchev–Trinajstić information content (AvgIpc) is 2.10. The van der Waals surface area contributed by atoms with Gasteiger partial charge in [-0.1, -0.05) is 24.6 Å². The van der Waals surface area contributed by atoms with E-state index in [4.69, 9.17) is 0 Å². The summed E-state index contributed by atoms with van der Waals surface area (Å²) in [6, 6.07) is 0. The molecule has 0 bridgehead atoms. The molecule has 2 rings (SSSR count). The molecule has 2 aliphatic carbocycles. The van der Waals surface area contributed by atoms with Crippen molar-refractivity contribution in [2.24, 2.45) is 5.92 Å². The molecular weight excluding hydrogens is 120 g/mol. The first-order valence-electron chi connectivity index (χ1n) is 4.25. The minimum Gasteiger partial charge on any atom is -0.0811 e. The van der Waals surface area contributed by atoms with E-state index in [9.17, 15) is 0 Å². The molecule has 54 valence electrons. The minimum atomic E-state index is 0.808. The van der Waals surface area contributed by atoms with Gasteiger partial charge in [-0.2, -0.15) is 0 Å². The van der Waals surface area contributed by atoms with Crippen molar-refractivity contribution in [2.75, 3.05) is 0 Å². The molecule has 0 amide bonds. The van der Waals surface area contributed by atoms with Crippen molar-refractivity contribution in [3.8, 4) is 0 Å². The van der Waals surface area contributed by atoms with Crippen molar-refractivity contribution in [2.45, 2.75) is 32.6 Å². The summed E-state index contributed by atoms with van der Waals surface area (Å²) in [6.07, 6.45) is 10.2. The fourth-order valence-corrected chi connectivity index (χ4v) is 1.70. The maximum atomic E-state index is 2.33. The van der Waals surface area contributed by atoms with E-state index < -0.39 is 0 Å².